The second kappa shape index (κ2) is 13.4. The van der Waals surface area contributed by atoms with Crippen molar-refractivity contribution in [3.63, 3.8) is 0 Å². The van der Waals surface area contributed by atoms with E-state index in [1.807, 2.05) is 18.3 Å². The first-order valence-corrected chi connectivity index (χ1v) is 19.8. The number of nitrogens with zero attached hydrogens (tertiary/aromatic N) is 3. The van der Waals surface area contributed by atoms with E-state index in [1.165, 1.54) is 27.8 Å². The summed E-state index contributed by atoms with van der Waals surface area (Å²) in [5.74, 6) is 2.37. The molecule has 0 saturated heterocycles. The Bertz CT molecular complexity index is 3020. The average Bonchev–Trinajstić information content (AvgIpc) is 3.56. The zero-order valence-corrected chi connectivity index (χ0v) is 32.1. The molecule has 0 amide bonds. The van der Waals surface area contributed by atoms with Crippen LogP contribution in [0.1, 0.15) is 33.4 Å². The molecular formula is C54H37N3O. The summed E-state index contributed by atoms with van der Waals surface area (Å²) in [6, 6.07) is 64.5. The second-order valence-electron chi connectivity index (χ2n) is 15.3. The Hall–Kier alpha value is -7.43. The lowest BCUT2D eigenvalue weighted by atomic mass is 9.65. The molecule has 1 aliphatic carbocycles. The molecule has 2 aromatic heterocycles. The molecule has 0 fully saturated rings. The number of aryl methyl sites for hydroxylation is 2. The molecule has 0 N–H and O–H groups in total. The quantitative estimate of drug-likeness (QED) is 0.176. The molecule has 9 aromatic rings. The van der Waals surface area contributed by atoms with Crippen LogP contribution >= 0.6 is 0 Å². The van der Waals surface area contributed by atoms with Gasteiger partial charge in [-0.25, -0.2) is 9.97 Å². The Morgan fingerprint density at radius 3 is 1.64 bits per heavy atom. The Morgan fingerprint density at radius 2 is 0.966 bits per heavy atom. The zero-order valence-electron chi connectivity index (χ0n) is 32.1. The zero-order chi connectivity index (χ0) is 38.8. The van der Waals surface area contributed by atoms with E-state index in [-0.39, 0.29) is 0 Å². The number of hydrogen-bond acceptors (Lipinski definition) is 4. The lowest BCUT2D eigenvalue weighted by molar-refractivity contribution is 0.436. The van der Waals surface area contributed by atoms with Gasteiger partial charge in [-0.1, -0.05) is 146 Å². The summed E-state index contributed by atoms with van der Waals surface area (Å²) in [6.45, 7) is 4.24. The molecule has 4 nitrogen and oxygen atoms in total. The van der Waals surface area contributed by atoms with E-state index in [0.717, 1.165) is 78.7 Å². The molecule has 0 atom stereocenters. The van der Waals surface area contributed by atoms with Crippen LogP contribution in [-0.4, -0.2) is 15.0 Å². The third kappa shape index (κ3) is 5.33. The van der Waals surface area contributed by atoms with Crippen LogP contribution in [0.4, 0.5) is 0 Å². The van der Waals surface area contributed by atoms with Crippen LogP contribution in [0.2, 0.25) is 0 Å². The van der Waals surface area contributed by atoms with Gasteiger partial charge in [-0.15, -0.1) is 0 Å². The first-order chi connectivity index (χ1) is 28.5. The van der Waals surface area contributed by atoms with Crippen molar-refractivity contribution >= 4 is 0 Å². The van der Waals surface area contributed by atoms with Gasteiger partial charge in [-0.05, 0) is 94.8 Å². The monoisotopic (exact) mass is 743 g/mol. The molecule has 0 bridgehead atoms. The van der Waals surface area contributed by atoms with E-state index in [2.05, 4.69) is 184 Å². The van der Waals surface area contributed by atoms with Gasteiger partial charge in [-0.3, -0.25) is 4.98 Å². The van der Waals surface area contributed by atoms with Crippen molar-refractivity contribution in [2.45, 2.75) is 19.3 Å². The van der Waals surface area contributed by atoms with Crippen LogP contribution in [0.15, 0.2) is 188 Å². The smallest absolute Gasteiger partial charge is 0.160 e. The molecule has 58 heavy (non-hydrogen) atoms. The van der Waals surface area contributed by atoms with Crippen LogP contribution in [0.5, 0.6) is 11.5 Å². The van der Waals surface area contributed by atoms with Crippen molar-refractivity contribution in [3.8, 4) is 78.9 Å². The van der Waals surface area contributed by atoms with E-state index < -0.39 is 5.41 Å². The van der Waals surface area contributed by atoms with E-state index in [4.69, 9.17) is 19.7 Å². The van der Waals surface area contributed by atoms with Gasteiger partial charge < -0.3 is 4.74 Å². The standard InChI is InChI=1S/C54H37N3O/c1-34-28-35(2)52(55-33-34)40-24-26-42-43-27-25-41(31-47(43)54(46(42)30-40)44-20-9-11-22-50(44)58-51-23-12-10-21-45(51)54)53-56-48(37-16-7-4-8-17-37)32-49(57-53)39-19-13-18-38(29-39)36-14-5-3-6-15-36/h3-33H,1-2H3. The number of para-hydroxylation sites is 2. The number of aromatic nitrogens is 3. The molecule has 274 valence electrons. The highest BCUT2D eigenvalue weighted by molar-refractivity contribution is 5.92. The van der Waals surface area contributed by atoms with Crippen LogP contribution in [0, 0.1) is 13.8 Å². The van der Waals surface area contributed by atoms with Crippen LogP contribution in [0.25, 0.3) is 67.4 Å². The highest BCUT2D eigenvalue weighted by Gasteiger charge is 2.51. The van der Waals surface area contributed by atoms with Gasteiger partial charge in [0.2, 0.25) is 0 Å². The third-order valence-corrected chi connectivity index (χ3v) is 11.7. The Labute approximate surface area is 338 Å². The van der Waals surface area contributed by atoms with Gasteiger partial charge in [0, 0.05) is 39.6 Å². The Balaban J connectivity index is 1.16. The SMILES string of the molecule is Cc1cnc(-c2ccc3c(c2)C2(c4ccccc4Oc4ccccc42)c2cc(-c4nc(-c5ccccc5)cc(-c5cccc(-c6ccccc6)c5)n4)ccc2-3)c(C)c1. The van der Waals surface area contributed by atoms with Gasteiger partial charge in [0.05, 0.1) is 22.5 Å². The number of rotatable bonds is 5. The Kier molecular flexibility index (Phi) is 7.80. The van der Waals surface area contributed by atoms with Crippen molar-refractivity contribution in [1.29, 1.82) is 0 Å². The van der Waals surface area contributed by atoms with Crippen molar-refractivity contribution in [2.24, 2.45) is 0 Å². The fraction of sp³-hybridized carbons (Fsp3) is 0.0556. The minimum absolute atomic E-state index is 0.671. The van der Waals surface area contributed by atoms with E-state index in [9.17, 15) is 0 Å². The highest BCUT2D eigenvalue weighted by Crippen LogP contribution is 2.62. The molecule has 7 aromatic carbocycles. The maximum atomic E-state index is 6.69. The van der Waals surface area contributed by atoms with Crippen molar-refractivity contribution < 1.29 is 4.74 Å². The van der Waals surface area contributed by atoms with Crippen molar-refractivity contribution in [2.75, 3.05) is 0 Å². The summed E-state index contributed by atoms with van der Waals surface area (Å²) in [4.78, 5) is 15.6. The minimum Gasteiger partial charge on any atom is -0.457 e. The summed E-state index contributed by atoms with van der Waals surface area (Å²) < 4.78 is 6.69. The molecule has 0 saturated carbocycles. The highest BCUT2D eigenvalue weighted by atomic mass is 16.5. The molecule has 2 aliphatic rings. The summed E-state index contributed by atoms with van der Waals surface area (Å²) in [7, 11) is 0. The lowest BCUT2D eigenvalue weighted by Gasteiger charge is -2.39. The summed E-state index contributed by atoms with van der Waals surface area (Å²) in [6.07, 6.45) is 1.96. The molecule has 0 radical (unpaired) electrons. The number of hydrogen-bond donors (Lipinski definition) is 0. The van der Waals surface area contributed by atoms with Crippen LogP contribution < -0.4 is 4.74 Å². The average molecular weight is 744 g/mol. The molecule has 3 heterocycles. The maximum Gasteiger partial charge on any atom is 0.160 e. The number of pyridine rings is 1. The summed E-state index contributed by atoms with van der Waals surface area (Å²) in [5, 5.41) is 0. The van der Waals surface area contributed by atoms with E-state index in [0.29, 0.717) is 5.82 Å². The van der Waals surface area contributed by atoms with Gasteiger partial charge in [-0.2, -0.15) is 0 Å². The van der Waals surface area contributed by atoms with Crippen LogP contribution in [0.3, 0.4) is 0 Å². The fourth-order valence-corrected chi connectivity index (χ4v) is 9.17. The molecule has 1 spiro atoms. The molecule has 0 unspecified atom stereocenters. The predicted molar refractivity (Wildman–Crippen MR) is 234 cm³/mol. The molecule has 1 aliphatic heterocycles. The largest absolute Gasteiger partial charge is 0.457 e. The third-order valence-electron chi connectivity index (χ3n) is 11.7. The molecule has 11 rings (SSSR count). The maximum absolute atomic E-state index is 6.69. The number of fused-ring (bicyclic) bond motifs is 9. The summed E-state index contributed by atoms with van der Waals surface area (Å²) in [5.41, 5.74) is 17.7. The van der Waals surface area contributed by atoms with E-state index in [1.54, 1.807) is 0 Å². The fourth-order valence-electron chi connectivity index (χ4n) is 9.17. The van der Waals surface area contributed by atoms with Gasteiger partial charge >= 0.3 is 0 Å². The van der Waals surface area contributed by atoms with Crippen molar-refractivity contribution in [3.05, 3.63) is 222 Å². The van der Waals surface area contributed by atoms with Crippen LogP contribution in [-0.2, 0) is 5.41 Å². The van der Waals surface area contributed by atoms with Gasteiger partial charge in [0.25, 0.3) is 0 Å². The Morgan fingerprint density at radius 1 is 0.414 bits per heavy atom. The number of benzene rings is 7. The van der Waals surface area contributed by atoms with Gasteiger partial charge in [0.15, 0.2) is 5.82 Å². The lowest BCUT2D eigenvalue weighted by Crippen LogP contribution is -2.32. The predicted octanol–water partition coefficient (Wildman–Crippen LogP) is 13.3. The molecule has 4 heteroatoms. The second-order valence-corrected chi connectivity index (χ2v) is 15.3. The minimum atomic E-state index is -0.676. The van der Waals surface area contributed by atoms with E-state index >= 15 is 0 Å². The summed E-state index contributed by atoms with van der Waals surface area (Å²) >= 11 is 0. The number of ether oxygens (including phenoxy) is 1. The topological polar surface area (TPSA) is 47.9 Å². The first kappa shape index (κ1) is 33.9. The molecular weight excluding hydrogens is 707 g/mol. The van der Waals surface area contributed by atoms with Gasteiger partial charge in [0.1, 0.15) is 11.5 Å². The van der Waals surface area contributed by atoms with Crippen molar-refractivity contribution in [1.82, 2.24) is 15.0 Å². The normalized spacial score (nSPS) is 12.9. The first-order valence-electron chi connectivity index (χ1n) is 19.8.